The van der Waals surface area contributed by atoms with Crippen molar-refractivity contribution in [3.05, 3.63) is 106 Å². The topological polar surface area (TPSA) is 66.8 Å². The number of carbonyl (C=O) groups is 2. The van der Waals surface area contributed by atoms with Crippen LogP contribution >= 0.6 is 0 Å². The van der Waals surface area contributed by atoms with Crippen LogP contribution in [0.5, 0.6) is 5.75 Å². The summed E-state index contributed by atoms with van der Waals surface area (Å²) in [6.07, 6.45) is -4.55. The molecule has 1 heterocycles. The highest BCUT2D eigenvalue weighted by Crippen LogP contribution is 2.41. The van der Waals surface area contributed by atoms with Crippen LogP contribution in [-0.2, 0) is 22.3 Å². The summed E-state index contributed by atoms with van der Waals surface area (Å²) in [6.45, 7) is 3.35. The van der Waals surface area contributed by atoms with Crippen LogP contribution < -0.4 is 4.74 Å². The van der Waals surface area contributed by atoms with Crippen LogP contribution in [0, 0.1) is 13.8 Å². The largest absolute Gasteiger partial charge is 0.507 e. The van der Waals surface area contributed by atoms with Gasteiger partial charge in [-0.25, -0.2) is 0 Å². The van der Waals surface area contributed by atoms with Crippen LogP contribution in [0.1, 0.15) is 39.4 Å². The van der Waals surface area contributed by atoms with Gasteiger partial charge in [-0.1, -0.05) is 42.0 Å². The lowest BCUT2D eigenvalue weighted by Gasteiger charge is -2.26. The number of amides is 1. The quantitative estimate of drug-likeness (QED) is 0.270. The van der Waals surface area contributed by atoms with E-state index in [9.17, 15) is 27.9 Å². The molecule has 36 heavy (non-hydrogen) atoms. The molecule has 0 bridgehead atoms. The molecule has 4 rings (SSSR count). The summed E-state index contributed by atoms with van der Waals surface area (Å²) >= 11 is 0. The van der Waals surface area contributed by atoms with Gasteiger partial charge >= 0.3 is 6.18 Å². The Bertz CT molecular complexity index is 1360. The second-order valence-corrected chi connectivity index (χ2v) is 8.72. The molecule has 0 aliphatic carbocycles. The average molecular weight is 495 g/mol. The SMILES string of the molecule is COc1ccc(C2/C(=C(\O)c3cc(C)ccc3C)C(=O)C(=O)N2Cc2cccc(C(F)(F)F)c2)cc1. The molecule has 1 aliphatic rings. The van der Waals surface area contributed by atoms with Crippen molar-refractivity contribution in [2.24, 2.45) is 0 Å². The van der Waals surface area contributed by atoms with Gasteiger partial charge in [0, 0.05) is 12.1 Å². The zero-order chi connectivity index (χ0) is 26.2. The van der Waals surface area contributed by atoms with Crippen molar-refractivity contribution in [1.82, 2.24) is 4.90 Å². The van der Waals surface area contributed by atoms with Gasteiger partial charge in [0.1, 0.15) is 11.5 Å². The highest BCUT2D eigenvalue weighted by molar-refractivity contribution is 6.46. The predicted octanol–water partition coefficient (Wildman–Crippen LogP) is 5.95. The highest BCUT2D eigenvalue weighted by atomic mass is 19.4. The van der Waals surface area contributed by atoms with E-state index >= 15 is 0 Å². The number of hydrogen-bond acceptors (Lipinski definition) is 4. The molecule has 1 fully saturated rings. The molecule has 1 atom stereocenters. The molecule has 1 unspecified atom stereocenters. The number of ether oxygens (including phenoxy) is 1. The Labute approximate surface area is 206 Å². The van der Waals surface area contributed by atoms with Gasteiger partial charge in [-0.05, 0) is 60.9 Å². The Morgan fingerprint density at radius 2 is 1.69 bits per heavy atom. The van der Waals surface area contributed by atoms with Gasteiger partial charge in [-0.15, -0.1) is 0 Å². The van der Waals surface area contributed by atoms with Crippen molar-refractivity contribution in [1.29, 1.82) is 0 Å². The highest BCUT2D eigenvalue weighted by Gasteiger charge is 2.46. The fourth-order valence-corrected chi connectivity index (χ4v) is 4.35. The number of hydrogen-bond donors (Lipinski definition) is 1. The molecular weight excluding hydrogens is 471 g/mol. The second-order valence-electron chi connectivity index (χ2n) is 8.72. The minimum absolute atomic E-state index is 0.120. The number of alkyl halides is 3. The Kier molecular flexibility index (Phi) is 6.63. The number of methoxy groups -OCH3 is 1. The molecule has 8 heteroatoms. The van der Waals surface area contributed by atoms with Crippen molar-refractivity contribution < 1.29 is 32.6 Å². The van der Waals surface area contributed by atoms with Crippen molar-refractivity contribution in [3.63, 3.8) is 0 Å². The molecule has 0 radical (unpaired) electrons. The van der Waals surface area contributed by atoms with E-state index in [2.05, 4.69) is 0 Å². The molecule has 3 aromatic carbocycles. The maximum absolute atomic E-state index is 13.3. The van der Waals surface area contributed by atoms with E-state index in [0.717, 1.165) is 17.7 Å². The van der Waals surface area contributed by atoms with Gasteiger partial charge in [0.05, 0.1) is 24.3 Å². The first-order chi connectivity index (χ1) is 17.0. The van der Waals surface area contributed by atoms with Crippen LogP contribution in [0.2, 0.25) is 0 Å². The van der Waals surface area contributed by atoms with E-state index < -0.39 is 29.5 Å². The number of nitrogens with zero attached hydrogens (tertiary/aromatic N) is 1. The molecule has 1 aliphatic heterocycles. The number of likely N-dealkylation sites (tertiary alicyclic amines) is 1. The van der Waals surface area contributed by atoms with E-state index in [0.29, 0.717) is 22.4 Å². The first-order valence-electron chi connectivity index (χ1n) is 11.2. The number of aryl methyl sites for hydroxylation is 2. The fraction of sp³-hybridized carbons (Fsp3) is 0.214. The van der Waals surface area contributed by atoms with Crippen molar-refractivity contribution in [2.75, 3.05) is 7.11 Å². The van der Waals surface area contributed by atoms with E-state index in [1.54, 1.807) is 43.3 Å². The number of rotatable bonds is 5. The zero-order valence-electron chi connectivity index (χ0n) is 19.9. The summed E-state index contributed by atoms with van der Waals surface area (Å²) < 4.78 is 45.0. The normalized spacial score (nSPS) is 17.5. The van der Waals surface area contributed by atoms with E-state index in [4.69, 9.17) is 4.74 Å². The van der Waals surface area contributed by atoms with Gasteiger partial charge in [-0.2, -0.15) is 13.2 Å². The van der Waals surface area contributed by atoms with Crippen molar-refractivity contribution in [2.45, 2.75) is 32.6 Å². The van der Waals surface area contributed by atoms with E-state index in [-0.39, 0.29) is 23.4 Å². The number of carbonyl (C=O) groups excluding carboxylic acids is 2. The number of aliphatic hydroxyl groups excluding tert-OH is 1. The lowest BCUT2D eigenvalue weighted by atomic mass is 9.93. The Hall–Kier alpha value is -4.07. The Morgan fingerprint density at radius 1 is 1.00 bits per heavy atom. The van der Waals surface area contributed by atoms with Crippen LogP contribution in [-0.4, -0.2) is 28.8 Å². The third-order valence-corrected chi connectivity index (χ3v) is 6.23. The van der Waals surface area contributed by atoms with Gasteiger partial charge in [0.25, 0.3) is 11.7 Å². The van der Waals surface area contributed by atoms with Crippen molar-refractivity contribution >= 4 is 17.4 Å². The zero-order valence-corrected chi connectivity index (χ0v) is 19.9. The Morgan fingerprint density at radius 3 is 2.33 bits per heavy atom. The minimum Gasteiger partial charge on any atom is -0.507 e. The lowest BCUT2D eigenvalue weighted by Crippen LogP contribution is -2.29. The van der Waals surface area contributed by atoms with Gasteiger partial charge in [-0.3, -0.25) is 9.59 Å². The molecule has 186 valence electrons. The summed E-state index contributed by atoms with van der Waals surface area (Å²) in [4.78, 5) is 27.6. The molecule has 3 aromatic rings. The summed E-state index contributed by atoms with van der Waals surface area (Å²) in [6, 6.07) is 15.6. The van der Waals surface area contributed by atoms with Gasteiger partial charge in [0.15, 0.2) is 0 Å². The first kappa shape index (κ1) is 25.0. The van der Waals surface area contributed by atoms with Crippen LogP contribution in [0.3, 0.4) is 0 Å². The third kappa shape index (κ3) is 4.71. The standard InChI is InChI=1S/C28H24F3NO4/c1-16-7-8-17(2)22(13-16)25(33)23-24(19-9-11-21(36-3)12-10-19)32(27(35)26(23)34)15-18-5-4-6-20(14-18)28(29,30)31/h4-14,24,33H,15H2,1-3H3/b25-23+. The minimum atomic E-state index is -4.55. The lowest BCUT2D eigenvalue weighted by molar-refractivity contribution is -0.140. The summed E-state index contributed by atoms with van der Waals surface area (Å²) in [5.74, 6) is -1.59. The number of halogens is 3. The average Bonchev–Trinajstić information content (AvgIpc) is 3.09. The molecule has 1 N–H and O–H groups in total. The molecule has 0 saturated carbocycles. The van der Waals surface area contributed by atoms with Crippen LogP contribution in [0.4, 0.5) is 13.2 Å². The number of aliphatic hydroxyl groups is 1. The molecule has 1 amide bonds. The van der Waals surface area contributed by atoms with E-state index in [1.165, 1.54) is 24.1 Å². The number of benzene rings is 3. The van der Waals surface area contributed by atoms with Crippen LogP contribution in [0.15, 0.2) is 72.3 Å². The van der Waals surface area contributed by atoms with Crippen LogP contribution in [0.25, 0.3) is 5.76 Å². The van der Waals surface area contributed by atoms with Crippen molar-refractivity contribution in [3.8, 4) is 5.75 Å². The Balaban J connectivity index is 1.87. The van der Waals surface area contributed by atoms with E-state index in [1.807, 2.05) is 13.0 Å². The van der Waals surface area contributed by atoms with Gasteiger partial charge < -0.3 is 14.7 Å². The first-order valence-corrected chi connectivity index (χ1v) is 11.2. The fourth-order valence-electron chi connectivity index (χ4n) is 4.35. The number of Topliss-reactive ketones (excluding diaryl/α,β-unsaturated/α-hetero) is 1. The molecular formula is C28H24F3NO4. The summed E-state index contributed by atoms with van der Waals surface area (Å²) in [5.41, 5.74) is 1.70. The molecule has 0 aromatic heterocycles. The summed E-state index contributed by atoms with van der Waals surface area (Å²) in [5, 5.41) is 11.3. The maximum atomic E-state index is 13.3. The summed E-state index contributed by atoms with van der Waals surface area (Å²) in [7, 11) is 1.50. The molecule has 5 nitrogen and oxygen atoms in total. The molecule has 0 spiro atoms. The van der Waals surface area contributed by atoms with Gasteiger partial charge in [0.2, 0.25) is 0 Å². The third-order valence-electron chi connectivity index (χ3n) is 6.23. The molecule has 1 saturated heterocycles. The maximum Gasteiger partial charge on any atom is 0.416 e. The monoisotopic (exact) mass is 495 g/mol. The smallest absolute Gasteiger partial charge is 0.416 e. The second kappa shape index (κ2) is 9.53. The number of ketones is 1. The predicted molar refractivity (Wildman–Crippen MR) is 128 cm³/mol.